The molecule has 0 saturated heterocycles. The third-order valence-electron chi connectivity index (χ3n) is 1.53. The lowest BCUT2D eigenvalue weighted by Gasteiger charge is -1.90. The molecule has 1 aromatic heterocycles. The molecule has 0 spiro atoms. The van der Waals surface area contributed by atoms with Crippen molar-refractivity contribution >= 4 is 33.1 Å². The molecule has 0 unspecified atom stereocenters. The predicted molar refractivity (Wildman–Crippen MR) is 48.5 cm³/mol. The maximum atomic E-state index is 5.56. The molecule has 4 heteroatoms. The van der Waals surface area contributed by atoms with Crippen molar-refractivity contribution in [3.63, 3.8) is 0 Å². The van der Waals surface area contributed by atoms with E-state index in [1.54, 1.807) is 3.59 Å². The summed E-state index contributed by atoms with van der Waals surface area (Å²) >= 11 is 3.28. The Morgan fingerprint density at radius 1 is 1.36 bits per heavy atom. The number of fused-ring (bicyclic) bond motifs is 1. The Hall–Kier alpha value is -1.03. The van der Waals surface area contributed by atoms with Crippen molar-refractivity contribution in [2.24, 2.45) is 0 Å². The van der Waals surface area contributed by atoms with Crippen molar-refractivity contribution in [1.29, 1.82) is 0 Å². The van der Waals surface area contributed by atoms with E-state index in [1.165, 1.54) is 0 Å². The molecule has 11 heavy (non-hydrogen) atoms. The van der Waals surface area contributed by atoms with Crippen LogP contribution in [0.5, 0.6) is 0 Å². The third-order valence-corrected chi connectivity index (χ3v) is 2.27. The maximum Gasteiger partial charge on any atom is 0.211 e. The number of aromatic nitrogens is 2. The fraction of sp³-hybridized carbons (Fsp3) is 0. The van der Waals surface area contributed by atoms with Crippen LogP contribution in [0.4, 0.5) is 5.95 Å². The molecule has 2 N–H and O–H groups in total. The van der Waals surface area contributed by atoms with Gasteiger partial charge in [-0.2, -0.15) is 0 Å². The molecule has 0 atom stereocenters. The lowest BCUT2D eigenvalue weighted by atomic mass is 10.3. The largest absolute Gasteiger partial charge is 0.369 e. The van der Waals surface area contributed by atoms with Crippen molar-refractivity contribution in [2.75, 3.05) is 5.73 Å². The standard InChI is InChI=1S/C7H6BrN3/c8-11-6-4-2-1-3-5(6)10-7(11)9/h1-4H,(H2,9,10). The van der Waals surface area contributed by atoms with E-state index in [-0.39, 0.29) is 0 Å². The number of hydrogen-bond donors (Lipinski definition) is 1. The van der Waals surface area contributed by atoms with Gasteiger partial charge in [0.15, 0.2) is 0 Å². The number of para-hydroxylation sites is 2. The van der Waals surface area contributed by atoms with Crippen molar-refractivity contribution < 1.29 is 0 Å². The minimum Gasteiger partial charge on any atom is -0.369 e. The fourth-order valence-electron chi connectivity index (χ4n) is 1.02. The van der Waals surface area contributed by atoms with Gasteiger partial charge in [-0.25, -0.2) is 8.58 Å². The van der Waals surface area contributed by atoms with Gasteiger partial charge in [0.05, 0.1) is 27.2 Å². The average Bonchev–Trinajstić information content (AvgIpc) is 2.30. The lowest BCUT2D eigenvalue weighted by Crippen LogP contribution is -1.90. The van der Waals surface area contributed by atoms with E-state index in [2.05, 4.69) is 21.1 Å². The highest BCUT2D eigenvalue weighted by molar-refractivity contribution is 9.08. The van der Waals surface area contributed by atoms with Crippen LogP contribution in [0, 0.1) is 0 Å². The number of imidazole rings is 1. The van der Waals surface area contributed by atoms with Crippen LogP contribution in [0.1, 0.15) is 0 Å². The van der Waals surface area contributed by atoms with Crippen LogP contribution < -0.4 is 5.73 Å². The zero-order valence-corrected chi connectivity index (χ0v) is 7.25. The summed E-state index contributed by atoms with van der Waals surface area (Å²) < 4.78 is 1.68. The van der Waals surface area contributed by atoms with Crippen LogP contribution in [0.2, 0.25) is 0 Å². The number of rotatable bonds is 0. The van der Waals surface area contributed by atoms with E-state index in [9.17, 15) is 0 Å². The molecule has 0 bridgehead atoms. The first kappa shape index (κ1) is 6.67. The molecule has 0 aliphatic rings. The average molecular weight is 212 g/mol. The molecule has 1 aromatic carbocycles. The van der Waals surface area contributed by atoms with E-state index in [0.717, 1.165) is 11.0 Å². The van der Waals surface area contributed by atoms with Crippen LogP contribution in [-0.4, -0.2) is 8.58 Å². The second kappa shape index (κ2) is 2.23. The number of nitrogens with zero attached hydrogens (tertiary/aromatic N) is 2. The van der Waals surface area contributed by atoms with Crippen molar-refractivity contribution in [1.82, 2.24) is 8.58 Å². The van der Waals surface area contributed by atoms with Crippen molar-refractivity contribution in [3.05, 3.63) is 24.3 Å². The van der Waals surface area contributed by atoms with Gasteiger partial charge in [-0.15, -0.1) is 0 Å². The Morgan fingerprint density at radius 3 is 2.82 bits per heavy atom. The highest BCUT2D eigenvalue weighted by Gasteiger charge is 2.02. The molecule has 0 aliphatic heterocycles. The number of nitrogens with two attached hydrogens (primary N) is 1. The predicted octanol–water partition coefficient (Wildman–Crippen LogP) is 1.78. The molecule has 0 amide bonds. The molecule has 2 aromatic rings. The minimum absolute atomic E-state index is 0.478. The van der Waals surface area contributed by atoms with Crippen molar-refractivity contribution in [2.45, 2.75) is 0 Å². The summed E-state index contributed by atoms with van der Waals surface area (Å²) in [6, 6.07) is 7.75. The second-order valence-corrected chi connectivity index (χ2v) is 2.95. The Morgan fingerprint density at radius 2 is 2.09 bits per heavy atom. The first-order chi connectivity index (χ1) is 5.29. The van der Waals surface area contributed by atoms with Gasteiger partial charge in [-0.05, 0) is 12.1 Å². The highest BCUT2D eigenvalue weighted by Crippen LogP contribution is 2.18. The lowest BCUT2D eigenvalue weighted by molar-refractivity contribution is 1.30. The van der Waals surface area contributed by atoms with Crippen LogP contribution >= 0.6 is 16.1 Å². The normalized spacial score (nSPS) is 10.6. The number of benzene rings is 1. The highest BCUT2D eigenvalue weighted by atomic mass is 79.9. The minimum atomic E-state index is 0.478. The monoisotopic (exact) mass is 211 g/mol. The second-order valence-electron chi connectivity index (χ2n) is 2.24. The first-order valence-corrected chi connectivity index (χ1v) is 3.89. The van der Waals surface area contributed by atoms with E-state index in [4.69, 9.17) is 5.73 Å². The quantitative estimate of drug-likeness (QED) is 0.723. The van der Waals surface area contributed by atoms with Gasteiger partial charge in [0.1, 0.15) is 0 Å². The van der Waals surface area contributed by atoms with Crippen LogP contribution in [0.15, 0.2) is 24.3 Å². The molecule has 56 valence electrons. The maximum absolute atomic E-state index is 5.56. The Bertz CT molecular complexity index is 393. The molecular formula is C7H6BrN3. The molecule has 3 nitrogen and oxygen atoms in total. The zero-order chi connectivity index (χ0) is 7.84. The molecular weight excluding hydrogens is 206 g/mol. The molecule has 0 radical (unpaired) electrons. The molecule has 0 fully saturated rings. The fourth-order valence-corrected chi connectivity index (χ4v) is 1.39. The van der Waals surface area contributed by atoms with Gasteiger partial charge < -0.3 is 5.73 Å². The van der Waals surface area contributed by atoms with Gasteiger partial charge in [-0.1, -0.05) is 12.1 Å². The Labute approximate surface area is 72.2 Å². The summed E-state index contributed by atoms with van der Waals surface area (Å²) in [5.41, 5.74) is 7.45. The molecule has 2 rings (SSSR count). The molecule has 0 aliphatic carbocycles. The van der Waals surface area contributed by atoms with E-state index in [1.807, 2.05) is 24.3 Å². The summed E-state index contributed by atoms with van der Waals surface area (Å²) in [4.78, 5) is 4.11. The SMILES string of the molecule is Nc1nc2ccccc2n1Br. The van der Waals surface area contributed by atoms with E-state index < -0.39 is 0 Å². The Balaban J connectivity index is 2.92. The number of anilines is 1. The van der Waals surface area contributed by atoms with Gasteiger partial charge in [-0.3, -0.25) is 0 Å². The smallest absolute Gasteiger partial charge is 0.211 e. The van der Waals surface area contributed by atoms with Gasteiger partial charge >= 0.3 is 0 Å². The van der Waals surface area contributed by atoms with Crippen LogP contribution in [-0.2, 0) is 0 Å². The topological polar surface area (TPSA) is 43.8 Å². The summed E-state index contributed by atoms with van der Waals surface area (Å²) in [5.74, 6) is 0.478. The van der Waals surface area contributed by atoms with Crippen LogP contribution in [0.25, 0.3) is 11.0 Å². The third kappa shape index (κ3) is 0.903. The van der Waals surface area contributed by atoms with Gasteiger partial charge in [0, 0.05) is 0 Å². The number of nitrogen functional groups attached to an aromatic ring is 1. The molecule has 0 saturated carbocycles. The summed E-state index contributed by atoms with van der Waals surface area (Å²) in [7, 11) is 0. The van der Waals surface area contributed by atoms with E-state index >= 15 is 0 Å². The van der Waals surface area contributed by atoms with Gasteiger partial charge in [0.2, 0.25) is 5.95 Å². The van der Waals surface area contributed by atoms with Gasteiger partial charge in [0.25, 0.3) is 0 Å². The number of hydrogen-bond acceptors (Lipinski definition) is 2. The Kier molecular flexibility index (Phi) is 1.35. The molecule has 1 heterocycles. The zero-order valence-electron chi connectivity index (χ0n) is 5.66. The summed E-state index contributed by atoms with van der Waals surface area (Å²) in [6.45, 7) is 0. The van der Waals surface area contributed by atoms with Crippen molar-refractivity contribution in [3.8, 4) is 0 Å². The number of halogens is 1. The first-order valence-electron chi connectivity index (χ1n) is 3.18. The van der Waals surface area contributed by atoms with E-state index in [0.29, 0.717) is 5.95 Å². The summed E-state index contributed by atoms with van der Waals surface area (Å²) in [5, 5.41) is 0. The van der Waals surface area contributed by atoms with Crippen LogP contribution in [0.3, 0.4) is 0 Å². The summed E-state index contributed by atoms with van der Waals surface area (Å²) in [6.07, 6.45) is 0.